The van der Waals surface area contributed by atoms with E-state index in [4.69, 9.17) is 10.5 Å². The van der Waals surface area contributed by atoms with E-state index in [0.29, 0.717) is 19.0 Å². The van der Waals surface area contributed by atoms with Crippen molar-refractivity contribution < 1.29 is 4.74 Å². The zero-order chi connectivity index (χ0) is 13.6. The third kappa shape index (κ3) is 6.09. The van der Waals surface area contributed by atoms with Gasteiger partial charge in [-0.15, -0.1) is 24.0 Å². The van der Waals surface area contributed by atoms with E-state index in [2.05, 4.69) is 35.9 Å². The number of halogens is 1. The predicted octanol–water partition coefficient (Wildman–Crippen LogP) is 1.20. The summed E-state index contributed by atoms with van der Waals surface area (Å²) in [6.45, 7) is 8.76. The summed E-state index contributed by atoms with van der Waals surface area (Å²) in [5.41, 5.74) is 6.97. The molecule has 19 heavy (non-hydrogen) atoms. The third-order valence-corrected chi connectivity index (χ3v) is 3.49. The van der Waals surface area contributed by atoms with Gasteiger partial charge in [-0.1, -0.05) is 12.2 Å². The van der Waals surface area contributed by atoms with Gasteiger partial charge in [0.25, 0.3) is 0 Å². The Morgan fingerprint density at radius 2 is 2.00 bits per heavy atom. The number of ether oxygens (including phenoxy) is 1. The van der Waals surface area contributed by atoms with Crippen molar-refractivity contribution in [2.75, 3.05) is 40.4 Å². The SMILES string of the molecule is C=C(C)CNC(N)=NCC1(N(C)C)CCOCC1.I. The molecule has 0 aromatic rings. The Balaban J connectivity index is 0.00000324. The quantitative estimate of drug-likeness (QED) is 0.325. The number of hydrogen-bond acceptors (Lipinski definition) is 3. The second-order valence-electron chi connectivity index (χ2n) is 5.24. The van der Waals surface area contributed by atoms with Crippen molar-refractivity contribution in [2.45, 2.75) is 25.3 Å². The molecule has 112 valence electrons. The second-order valence-corrected chi connectivity index (χ2v) is 5.24. The van der Waals surface area contributed by atoms with Gasteiger partial charge in [0, 0.05) is 25.3 Å². The van der Waals surface area contributed by atoms with Crippen molar-refractivity contribution in [3.05, 3.63) is 12.2 Å². The highest BCUT2D eigenvalue weighted by Gasteiger charge is 2.34. The number of nitrogens with two attached hydrogens (primary N) is 1. The molecule has 1 rings (SSSR count). The minimum atomic E-state index is 0. The molecule has 1 saturated heterocycles. The van der Waals surface area contributed by atoms with Gasteiger partial charge in [0.15, 0.2) is 5.96 Å². The number of likely N-dealkylation sites (N-methyl/N-ethyl adjacent to an activating group) is 1. The molecule has 0 unspecified atom stereocenters. The minimum Gasteiger partial charge on any atom is -0.381 e. The first-order chi connectivity index (χ1) is 8.46. The van der Waals surface area contributed by atoms with Crippen LogP contribution in [0.25, 0.3) is 0 Å². The molecule has 1 aliphatic heterocycles. The molecule has 1 aliphatic rings. The van der Waals surface area contributed by atoms with Crippen molar-refractivity contribution in [1.82, 2.24) is 10.2 Å². The van der Waals surface area contributed by atoms with Gasteiger partial charge < -0.3 is 20.7 Å². The van der Waals surface area contributed by atoms with Crippen LogP contribution < -0.4 is 11.1 Å². The molecular formula is C13H27IN4O. The third-order valence-electron chi connectivity index (χ3n) is 3.49. The summed E-state index contributed by atoms with van der Waals surface area (Å²) < 4.78 is 5.43. The van der Waals surface area contributed by atoms with Crippen LogP contribution in [0.1, 0.15) is 19.8 Å². The molecule has 0 aromatic carbocycles. The largest absolute Gasteiger partial charge is 0.381 e. The second kappa shape index (κ2) is 8.76. The molecule has 0 spiro atoms. The lowest BCUT2D eigenvalue weighted by molar-refractivity contribution is -0.00252. The molecule has 1 heterocycles. The molecule has 0 aromatic heterocycles. The molecule has 0 atom stereocenters. The number of nitrogens with one attached hydrogen (secondary N) is 1. The van der Waals surface area contributed by atoms with Crippen LogP contribution in [0.15, 0.2) is 17.1 Å². The van der Waals surface area contributed by atoms with E-state index >= 15 is 0 Å². The van der Waals surface area contributed by atoms with Gasteiger partial charge in [-0.05, 0) is 33.9 Å². The van der Waals surface area contributed by atoms with E-state index in [-0.39, 0.29) is 29.5 Å². The summed E-state index contributed by atoms with van der Waals surface area (Å²) in [6.07, 6.45) is 1.99. The Morgan fingerprint density at radius 1 is 1.42 bits per heavy atom. The van der Waals surface area contributed by atoms with E-state index in [9.17, 15) is 0 Å². The van der Waals surface area contributed by atoms with E-state index < -0.39 is 0 Å². The number of hydrogen-bond donors (Lipinski definition) is 2. The number of guanidine groups is 1. The summed E-state index contributed by atoms with van der Waals surface area (Å²) in [6, 6.07) is 0. The fourth-order valence-electron chi connectivity index (χ4n) is 2.03. The highest BCUT2D eigenvalue weighted by atomic mass is 127. The highest BCUT2D eigenvalue weighted by molar-refractivity contribution is 14.0. The highest BCUT2D eigenvalue weighted by Crippen LogP contribution is 2.26. The van der Waals surface area contributed by atoms with Crippen LogP contribution >= 0.6 is 24.0 Å². The average molecular weight is 382 g/mol. The average Bonchev–Trinajstić information content (AvgIpc) is 2.34. The van der Waals surface area contributed by atoms with Gasteiger partial charge in [0.1, 0.15) is 0 Å². The number of nitrogens with zero attached hydrogens (tertiary/aromatic N) is 2. The summed E-state index contributed by atoms with van der Waals surface area (Å²) in [5, 5.41) is 3.06. The topological polar surface area (TPSA) is 62.9 Å². The number of rotatable bonds is 5. The molecule has 3 N–H and O–H groups in total. The standard InChI is InChI=1S/C13H26N4O.HI/c1-11(2)9-15-12(14)16-10-13(17(3)4)5-7-18-8-6-13;/h1,5-10H2,2-4H3,(H3,14,15,16);1H. The van der Waals surface area contributed by atoms with E-state index in [1.807, 2.05) is 6.92 Å². The lowest BCUT2D eigenvalue weighted by atomic mass is 9.89. The molecule has 6 heteroatoms. The summed E-state index contributed by atoms with van der Waals surface area (Å²) >= 11 is 0. The first-order valence-electron chi connectivity index (χ1n) is 6.40. The van der Waals surface area contributed by atoms with E-state index in [1.54, 1.807) is 0 Å². The molecule has 0 amide bonds. The first-order valence-corrected chi connectivity index (χ1v) is 6.40. The van der Waals surface area contributed by atoms with Gasteiger partial charge >= 0.3 is 0 Å². The van der Waals surface area contributed by atoms with Crippen LogP contribution in [0.4, 0.5) is 0 Å². The molecule has 0 bridgehead atoms. The van der Waals surface area contributed by atoms with Gasteiger partial charge in [-0.2, -0.15) is 0 Å². The van der Waals surface area contributed by atoms with Crippen LogP contribution in [0.2, 0.25) is 0 Å². The number of aliphatic imine (C=N–C) groups is 1. The zero-order valence-corrected chi connectivity index (χ0v) is 14.6. The van der Waals surface area contributed by atoms with E-state index in [1.165, 1.54) is 0 Å². The smallest absolute Gasteiger partial charge is 0.188 e. The molecule has 0 aliphatic carbocycles. The summed E-state index contributed by atoms with van der Waals surface area (Å²) in [7, 11) is 4.19. The monoisotopic (exact) mass is 382 g/mol. The maximum atomic E-state index is 5.85. The van der Waals surface area contributed by atoms with Gasteiger partial charge in [-0.3, -0.25) is 4.99 Å². The summed E-state index contributed by atoms with van der Waals surface area (Å²) in [5.74, 6) is 0.491. The lowest BCUT2D eigenvalue weighted by Gasteiger charge is -2.41. The van der Waals surface area contributed by atoms with Crippen LogP contribution in [-0.4, -0.2) is 56.8 Å². The van der Waals surface area contributed by atoms with E-state index in [0.717, 1.165) is 31.6 Å². The first kappa shape index (κ1) is 18.7. The molecule has 0 radical (unpaired) electrons. The Morgan fingerprint density at radius 3 is 2.47 bits per heavy atom. The van der Waals surface area contributed by atoms with Crippen LogP contribution in [0, 0.1) is 0 Å². The summed E-state index contributed by atoms with van der Waals surface area (Å²) in [4.78, 5) is 6.70. The van der Waals surface area contributed by atoms with Crippen molar-refractivity contribution in [3.63, 3.8) is 0 Å². The van der Waals surface area contributed by atoms with Crippen LogP contribution in [0.5, 0.6) is 0 Å². The van der Waals surface area contributed by atoms with Crippen LogP contribution in [-0.2, 0) is 4.74 Å². The van der Waals surface area contributed by atoms with Crippen molar-refractivity contribution in [2.24, 2.45) is 10.7 Å². The molecular weight excluding hydrogens is 355 g/mol. The van der Waals surface area contributed by atoms with Crippen molar-refractivity contribution in [1.29, 1.82) is 0 Å². The minimum absolute atomic E-state index is 0. The van der Waals surface area contributed by atoms with Gasteiger partial charge in [0.05, 0.1) is 6.54 Å². The van der Waals surface area contributed by atoms with Crippen molar-refractivity contribution in [3.8, 4) is 0 Å². The Bertz CT molecular complexity index is 312. The Kier molecular flexibility index (Phi) is 8.60. The Hall–Kier alpha value is -0.340. The lowest BCUT2D eigenvalue weighted by Crippen LogP contribution is -2.51. The Labute approximate surface area is 133 Å². The fourth-order valence-corrected chi connectivity index (χ4v) is 2.03. The molecule has 5 nitrogen and oxygen atoms in total. The van der Waals surface area contributed by atoms with Crippen LogP contribution in [0.3, 0.4) is 0 Å². The van der Waals surface area contributed by atoms with Crippen molar-refractivity contribution >= 4 is 29.9 Å². The maximum absolute atomic E-state index is 5.85. The van der Waals surface area contributed by atoms with Gasteiger partial charge in [0.2, 0.25) is 0 Å². The predicted molar refractivity (Wildman–Crippen MR) is 91.2 cm³/mol. The molecule has 0 saturated carbocycles. The normalized spacial score (nSPS) is 18.8. The fraction of sp³-hybridized carbons (Fsp3) is 0.769. The zero-order valence-electron chi connectivity index (χ0n) is 12.2. The maximum Gasteiger partial charge on any atom is 0.188 e. The molecule has 1 fully saturated rings. The van der Waals surface area contributed by atoms with Gasteiger partial charge in [-0.25, -0.2) is 0 Å².